The molecule has 0 bridgehead atoms. The summed E-state index contributed by atoms with van der Waals surface area (Å²) in [6.07, 6.45) is 7.15. The van der Waals surface area contributed by atoms with Crippen molar-refractivity contribution < 1.29 is 18.4 Å². The molecule has 1 unspecified atom stereocenters. The van der Waals surface area contributed by atoms with Gasteiger partial charge in [-0.05, 0) is 68.0 Å². The number of halogens is 2. The van der Waals surface area contributed by atoms with Crippen molar-refractivity contribution in [3.63, 3.8) is 0 Å². The Morgan fingerprint density at radius 3 is 2.55 bits per heavy atom. The Kier molecular flexibility index (Phi) is 7.32. The highest BCUT2D eigenvalue weighted by atomic mass is 32.2. The van der Waals surface area contributed by atoms with E-state index in [9.17, 15) is 18.4 Å². The molecule has 2 fully saturated rings. The third-order valence-electron chi connectivity index (χ3n) is 6.78. The monoisotopic (exact) mass is 473 g/mol. The van der Waals surface area contributed by atoms with E-state index < -0.39 is 11.6 Å². The van der Waals surface area contributed by atoms with Crippen LogP contribution < -0.4 is 0 Å². The molecule has 8 heteroatoms. The number of likely N-dealkylation sites (tertiary alicyclic amines) is 1. The molecule has 0 spiro atoms. The molecule has 1 aliphatic heterocycles. The highest BCUT2D eigenvalue weighted by molar-refractivity contribution is 7.98. The van der Waals surface area contributed by atoms with E-state index in [1.54, 1.807) is 30.3 Å². The van der Waals surface area contributed by atoms with Crippen molar-refractivity contribution in [2.24, 2.45) is 11.8 Å². The molecule has 2 amide bonds. The molecular weight excluding hydrogens is 444 g/mol. The van der Waals surface area contributed by atoms with Crippen LogP contribution in [0.1, 0.15) is 41.6 Å². The van der Waals surface area contributed by atoms with E-state index in [4.69, 9.17) is 0 Å². The fraction of sp³-hybridized carbons (Fsp3) is 0.480. The van der Waals surface area contributed by atoms with Crippen molar-refractivity contribution in [3.8, 4) is 0 Å². The number of hydrogen-bond donors (Lipinski definition) is 0. The average Bonchev–Trinajstić information content (AvgIpc) is 3.68. The van der Waals surface area contributed by atoms with Gasteiger partial charge in [0.15, 0.2) is 0 Å². The number of aromatic nitrogens is 1. The molecule has 1 aliphatic carbocycles. The van der Waals surface area contributed by atoms with Crippen LogP contribution in [-0.2, 0) is 11.2 Å². The quantitative estimate of drug-likeness (QED) is 0.559. The summed E-state index contributed by atoms with van der Waals surface area (Å²) >= 11 is 1.45. The smallest absolute Gasteiger partial charge is 0.256 e. The zero-order chi connectivity index (χ0) is 23.5. The molecule has 33 heavy (non-hydrogen) atoms. The van der Waals surface area contributed by atoms with Crippen molar-refractivity contribution in [2.75, 3.05) is 26.4 Å². The Morgan fingerprint density at radius 2 is 1.91 bits per heavy atom. The third kappa shape index (κ3) is 5.37. The van der Waals surface area contributed by atoms with Crippen molar-refractivity contribution >= 4 is 23.6 Å². The average molecular weight is 474 g/mol. The van der Waals surface area contributed by atoms with Crippen molar-refractivity contribution in [1.29, 1.82) is 0 Å². The van der Waals surface area contributed by atoms with E-state index in [0.29, 0.717) is 35.7 Å². The zero-order valence-corrected chi connectivity index (χ0v) is 19.8. The minimum Gasteiger partial charge on any atom is -0.342 e. The number of nitrogens with zero attached hydrogens (tertiary/aromatic N) is 3. The van der Waals surface area contributed by atoms with Gasteiger partial charge in [-0.3, -0.25) is 9.59 Å². The van der Waals surface area contributed by atoms with Crippen molar-refractivity contribution in [1.82, 2.24) is 14.8 Å². The predicted molar refractivity (Wildman–Crippen MR) is 124 cm³/mol. The van der Waals surface area contributed by atoms with Gasteiger partial charge in [0.05, 0.1) is 5.56 Å². The molecule has 176 valence electrons. The molecule has 4 rings (SSSR count). The first kappa shape index (κ1) is 23.7. The van der Waals surface area contributed by atoms with Gasteiger partial charge in [0.1, 0.15) is 16.7 Å². The Labute approximate surface area is 197 Å². The number of amides is 2. The molecule has 0 radical (unpaired) electrons. The van der Waals surface area contributed by atoms with Crippen LogP contribution in [0.4, 0.5) is 8.78 Å². The summed E-state index contributed by atoms with van der Waals surface area (Å²) in [6, 6.07) is 7.00. The maximum Gasteiger partial charge on any atom is 0.256 e. The minimum absolute atomic E-state index is 0.0329. The number of carbonyl (C=O) groups excluding carboxylic acids is 2. The summed E-state index contributed by atoms with van der Waals surface area (Å²) in [6.45, 7) is 1.14. The first-order chi connectivity index (χ1) is 15.9. The minimum atomic E-state index is -0.609. The second kappa shape index (κ2) is 10.2. The molecule has 2 aliphatic rings. The molecule has 2 aromatic rings. The highest BCUT2D eigenvalue weighted by Crippen LogP contribution is 2.34. The number of benzene rings is 1. The van der Waals surface area contributed by atoms with Gasteiger partial charge in [-0.25, -0.2) is 13.8 Å². The van der Waals surface area contributed by atoms with Gasteiger partial charge in [0.2, 0.25) is 5.91 Å². The second-order valence-electron chi connectivity index (χ2n) is 8.92. The van der Waals surface area contributed by atoms with E-state index in [-0.39, 0.29) is 29.7 Å². The normalized spacial score (nSPS) is 17.6. The highest BCUT2D eigenvalue weighted by Gasteiger charge is 2.38. The molecule has 1 saturated carbocycles. The van der Waals surface area contributed by atoms with Crippen molar-refractivity contribution in [3.05, 3.63) is 59.3 Å². The second-order valence-corrected chi connectivity index (χ2v) is 9.72. The maximum atomic E-state index is 14.4. The number of thioether (sulfide) groups is 1. The van der Waals surface area contributed by atoms with Crippen LogP contribution in [0, 0.1) is 23.5 Å². The molecule has 1 aromatic heterocycles. The molecule has 5 nitrogen and oxygen atoms in total. The lowest BCUT2D eigenvalue weighted by Gasteiger charge is -2.40. The van der Waals surface area contributed by atoms with Crippen LogP contribution in [0.15, 0.2) is 41.6 Å². The zero-order valence-electron chi connectivity index (χ0n) is 19.0. The van der Waals surface area contributed by atoms with Gasteiger partial charge in [-0.1, -0.05) is 6.07 Å². The van der Waals surface area contributed by atoms with Crippen LogP contribution in [-0.4, -0.2) is 59.0 Å². The standard InChI is InChI=1S/C25H29F2N3O2S/c1-29(24(31)17-5-6-17)22(14-18-7-8-19(26)15-21(18)27)16-9-12-30(13-10-16)25(32)20-4-3-11-28-23(20)33-2/h3-4,7-8,11,15-17,22H,5-6,9-10,12-14H2,1-2H3. The first-order valence-corrected chi connectivity index (χ1v) is 12.6. The Bertz CT molecular complexity index is 1020. The van der Waals surface area contributed by atoms with Crippen LogP contribution in [0.25, 0.3) is 0 Å². The summed E-state index contributed by atoms with van der Waals surface area (Å²) in [5.41, 5.74) is 1.02. The van der Waals surface area contributed by atoms with Gasteiger partial charge in [0.25, 0.3) is 5.91 Å². The summed E-state index contributed by atoms with van der Waals surface area (Å²) in [5, 5.41) is 0.712. The summed E-state index contributed by atoms with van der Waals surface area (Å²) in [5.74, 6) is -0.938. The molecule has 1 saturated heterocycles. The topological polar surface area (TPSA) is 53.5 Å². The van der Waals surface area contributed by atoms with Gasteiger partial charge < -0.3 is 9.80 Å². The van der Waals surface area contributed by atoms with Gasteiger partial charge in [0, 0.05) is 44.4 Å². The van der Waals surface area contributed by atoms with Crippen LogP contribution in [0.2, 0.25) is 0 Å². The fourth-order valence-electron chi connectivity index (χ4n) is 4.69. The lowest BCUT2D eigenvalue weighted by atomic mass is 9.84. The maximum absolute atomic E-state index is 14.4. The van der Waals surface area contributed by atoms with E-state index in [1.165, 1.54) is 23.9 Å². The lowest BCUT2D eigenvalue weighted by Crippen LogP contribution is -2.49. The van der Waals surface area contributed by atoms with Gasteiger partial charge >= 0.3 is 0 Å². The number of likely N-dealkylation sites (N-methyl/N-ethyl adjacent to an activating group) is 1. The Hall–Kier alpha value is -2.48. The van der Waals surface area contributed by atoms with Crippen LogP contribution in [0.3, 0.4) is 0 Å². The Morgan fingerprint density at radius 1 is 1.18 bits per heavy atom. The largest absolute Gasteiger partial charge is 0.342 e. The fourth-order valence-corrected chi connectivity index (χ4v) is 5.23. The number of pyridine rings is 1. The van der Waals surface area contributed by atoms with Gasteiger partial charge in [-0.15, -0.1) is 11.8 Å². The molecular formula is C25H29F2N3O2S. The van der Waals surface area contributed by atoms with Crippen LogP contribution in [0.5, 0.6) is 0 Å². The Balaban J connectivity index is 1.48. The number of hydrogen-bond acceptors (Lipinski definition) is 4. The summed E-state index contributed by atoms with van der Waals surface area (Å²) in [4.78, 5) is 33.8. The van der Waals surface area contributed by atoms with E-state index in [0.717, 1.165) is 31.7 Å². The molecule has 2 heterocycles. The molecule has 1 atom stereocenters. The number of carbonyl (C=O) groups is 2. The predicted octanol–water partition coefficient (Wildman–Crippen LogP) is 4.41. The summed E-state index contributed by atoms with van der Waals surface area (Å²) < 4.78 is 27.8. The van der Waals surface area contributed by atoms with E-state index in [1.807, 2.05) is 11.2 Å². The summed E-state index contributed by atoms with van der Waals surface area (Å²) in [7, 11) is 1.80. The number of rotatable bonds is 7. The number of piperidine rings is 1. The van der Waals surface area contributed by atoms with Crippen molar-refractivity contribution in [2.45, 2.75) is 43.2 Å². The van der Waals surface area contributed by atoms with Gasteiger partial charge in [-0.2, -0.15) is 0 Å². The van der Waals surface area contributed by atoms with E-state index in [2.05, 4.69) is 4.98 Å². The van der Waals surface area contributed by atoms with Crippen LogP contribution >= 0.6 is 11.8 Å². The van der Waals surface area contributed by atoms with E-state index >= 15 is 0 Å². The first-order valence-electron chi connectivity index (χ1n) is 11.4. The lowest BCUT2D eigenvalue weighted by molar-refractivity contribution is -0.134. The third-order valence-corrected chi connectivity index (χ3v) is 7.49. The molecule has 1 aromatic carbocycles. The SMILES string of the molecule is CSc1ncccc1C(=O)N1CCC(C(Cc2ccc(F)cc2F)N(C)C(=O)C2CC2)CC1. The molecule has 0 N–H and O–H groups in total.